The molecule has 0 unspecified atom stereocenters. The van der Waals surface area contributed by atoms with Gasteiger partial charge in [0.05, 0.1) is 10.9 Å². The lowest BCUT2D eigenvalue weighted by molar-refractivity contribution is 1.10. The number of halogens is 1. The molecule has 90 valence electrons. The molecule has 2 rings (SSSR count). The number of hydrazine groups is 1. The fourth-order valence-electron chi connectivity index (χ4n) is 1.25. The van der Waals surface area contributed by atoms with Crippen LogP contribution in [-0.2, 0) is 6.54 Å². The van der Waals surface area contributed by atoms with E-state index in [0.29, 0.717) is 18.2 Å². The van der Waals surface area contributed by atoms with E-state index < -0.39 is 0 Å². The zero-order chi connectivity index (χ0) is 12.3. The van der Waals surface area contributed by atoms with Gasteiger partial charge < -0.3 is 16.5 Å². The summed E-state index contributed by atoms with van der Waals surface area (Å²) in [5, 5.41) is 3.11. The third-order valence-corrected chi connectivity index (χ3v) is 3.20. The fraction of sp³-hybridized carbons (Fsp3) is 0.111. The maximum atomic E-state index is 5.83. The number of nitrogens with one attached hydrogen (secondary N) is 2. The van der Waals surface area contributed by atoms with Gasteiger partial charge >= 0.3 is 0 Å². The minimum atomic E-state index is 0.159. The van der Waals surface area contributed by atoms with Crippen molar-refractivity contribution in [1.82, 2.24) is 9.97 Å². The number of rotatable bonds is 4. The number of anilines is 3. The second kappa shape index (κ2) is 5.17. The van der Waals surface area contributed by atoms with Crippen LogP contribution in [0.25, 0.3) is 0 Å². The topological polar surface area (TPSA) is 102 Å². The molecule has 2 heterocycles. The lowest BCUT2D eigenvalue weighted by Crippen LogP contribution is -2.11. The zero-order valence-electron chi connectivity index (χ0n) is 8.77. The summed E-state index contributed by atoms with van der Waals surface area (Å²) in [6.07, 6.45) is 0. The number of hydrogen-bond acceptors (Lipinski definition) is 7. The van der Waals surface area contributed by atoms with Crippen LogP contribution >= 0.6 is 22.9 Å². The van der Waals surface area contributed by atoms with Crippen molar-refractivity contribution < 1.29 is 0 Å². The van der Waals surface area contributed by atoms with E-state index in [1.54, 1.807) is 6.07 Å². The smallest absolute Gasteiger partial charge is 0.223 e. The molecular formula is C9H11ClN6S. The Balaban J connectivity index is 2.05. The molecule has 0 saturated carbocycles. The maximum Gasteiger partial charge on any atom is 0.223 e. The van der Waals surface area contributed by atoms with Crippen LogP contribution in [-0.4, -0.2) is 9.97 Å². The number of nitrogens with two attached hydrogens (primary N) is 2. The van der Waals surface area contributed by atoms with E-state index >= 15 is 0 Å². The van der Waals surface area contributed by atoms with Gasteiger partial charge in [-0.25, -0.2) is 5.84 Å². The van der Waals surface area contributed by atoms with Crippen molar-refractivity contribution in [3.05, 3.63) is 27.4 Å². The van der Waals surface area contributed by atoms with Crippen LogP contribution in [0.2, 0.25) is 4.34 Å². The normalized spacial score (nSPS) is 10.2. The molecule has 0 aromatic carbocycles. The summed E-state index contributed by atoms with van der Waals surface area (Å²) < 4.78 is 0.758. The molecule has 0 radical (unpaired) electrons. The zero-order valence-corrected chi connectivity index (χ0v) is 10.3. The predicted molar refractivity (Wildman–Crippen MR) is 70.9 cm³/mol. The number of nitrogen functional groups attached to an aromatic ring is 2. The maximum absolute atomic E-state index is 5.83. The molecule has 6 N–H and O–H groups in total. The molecule has 0 aliphatic carbocycles. The first-order chi connectivity index (χ1) is 8.17. The van der Waals surface area contributed by atoms with E-state index in [-0.39, 0.29) is 5.95 Å². The van der Waals surface area contributed by atoms with E-state index in [0.717, 1.165) is 9.21 Å². The summed E-state index contributed by atoms with van der Waals surface area (Å²) in [4.78, 5) is 9.02. The molecule has 0 amide bonds. The van der Waals surface area contributed by atoms with Crippen LogP contribution in [0.3, 0.4) is 0 Å². The summed E-state index contributed by atoms with van der Waals surface area (Å²) >= 11 is 7.34. The quantitative estimate of drug-likeness (QED) is 0.498. The molecule has 6 nitrogen and oxygen atoms in total. The lowest BCUT2D eigenvalue weighted by atomic mass is 10.4. The van der Waals surface area contributed by atoms with Crippen molar-refractivity contribution in [2.24, 2.45) is 5.84 Å². The Kier molecular flexibility index (Phi) is 3.62. The van der Waals surface area contributed by atoms with Gasteiger partial charge in [-0.3, -0.25) is 0 Å². The van der Waals surface area contributed by atoms with Gasteiger partial charge in [0.2, 0.25) is 5.95 Å². The molecule has 0 fully saturated rings. The molecule has 8 heteroatoms. The Hall–Kier alpha value is -1.57. The first kappa shape index (κ1) is 11.9. The highest BCUT2D eigenvalue weighted by Crippen LogP contribution is 2.22. The lowest BCUT2D eigenvalue weighted by Gasteiger charge is -2.06. The van der Waals surface area contributed by atoms with Crippen molar-refractivity contribution >= 4 is 40.5 Å². The van der Waals surface area contributed by atoms with Crippen LogP contribution < -0.4 is 22.3 Å². The van der Waals surface area contributed by atoms with Gasteiger partial charge in [-0.05, 0) is 12.1 Å². The molecule has 2 aromatic rings. The Labute approximate surface area is 107 Å². The van der Waals surface area contributed by atoms with E-state index in [4.69, 9.17) is 23.2 Å². The molecule has 0 aliphatic rings. The number of nitrogens with zero attached hydrogens (tertiary/aromatic N) is 2. The summed E-state index contributed by atoms with van der Waals surface area (Å²) in [5.41, 5.74) is 7.95. The average molecular weight is 271 g/mol. The van der Waals surface area contributed by atoms with Crippen LogP contribution in [0.1, 0.15) is 4.88 Å². The summed E-state index contributed by atoms with van der Waals surface area (Å²) in [6.45, 7) is 0.623. The van der Waals surface area contributed by atoms with Crippen LogP contribution in [0.4, 0.5) is 17.6 Å². The van der Waals surface area contributed by atoms with Gasteiger partial charge in [0.1, 0.15) is 11.6 Å². The molecule has 0 saturated heterocycles. The van der Waals surface area contributed by atoms with Gasteiger partial charge in [-0.1, -0.05) is 11.6 Å². The molecule has 0 spiro atoms. The molecule has 0 bridgehead atoms. The largest absolute Gasteiger partial charge is 0.368 e. The van der Waals surface area contributed by atoms with Crippen molar-refractivity contribution in [3.63, 3.8) is 0 Å². The minimum absolute atomic E-state index is 0.159. The Morgan fingerprint density at radius 3 is 2.71 bits per heavy atom. The second-order valence-corrected chi connectivity index (χ2v) is 5.00. The molecular weight excluding hydrogens is 260 g/mol. The SMILES string of the molecule is NNc1cc(NCc2ccc(Cl)s2)nc(N)n1. The van der Waals surface area contributed by atoms with Gasteiger partial charge in [-0.15, -0.1) is 11.3 Å². The second-order valence-electron chi connectivity index (χ2n) is 3.20. The molecule has 17 heavy (non-hydrogen) atoms. The van der Waals surface area contributed by atoms with Gasteiger partial charge in [0.15, 0.2) is 0 Å². The summed E-state index contributed by atoms with van der Waals surface area (Å²) in [7, 11) is 0. The number of hydrogen-bond donors (Lipinski definition) is 4. The Morgan fingerprint density at radius 2 is 2.06 bits per heavy atom. The van der Waals surface area contributed by atoms with Gasteiger partial charge in [0.25, 0.3) is 0 Å². The van der Waals surface area contributed by atoms with E-state index in [1.807, 2.05) is 12.1 Å². The van der Waals surface area contributed by atoms with E-state index in [2.05, 4.69) is 20.7 Å². The highest BCUT2D eigenvalue weighted by atomic mass is 35.5. The molecule has 0 aliphatic heterocycles. The summed E-state index contributed by atoms with van der Waals surface area (Å²) in [6, 6.07) is 5.47. The third-order valence-electron chi connectivity index (χ3n) is 1.96. The summed E-state index contributed by atoms with van der Waals surface area (Å²) in [5.74, 6) is 6.49. The van der Waals surface area contributed by atoms with Crippen molar-refractivity contribution in [2.45, 2.75) is 6.54 Å². The van der Waals surface area contributed by atoms with Gasteiger partial charge in [0, 0.05) is 10.9 Å². The Bertz CT molecular complexity index is 514. The van der Waals surface area contributed by atoms with Crippen LogP contribution in [0.5, 0.6) is 0 Å². The first-order valence-electron chi connectivity index (χ1n) is 4.76. The third kappa shape index (κ3) is 3.19. The Morgan fingerprint density at radius 1 is 1.29 bits per heavy atom. The highest BCUT2D eigenvalue weighted by molar-refractivity contribution is 7.16. The van der Waals surface area contributed by atoms with Crippen LogP contribution in [0.15, 0.2) is 18.2 Å². The molecule has 0 atom stereocenters. The standard InChI is InChI=1S/C9H11ClN6S/c10-6-2-1-5(17-6)4-13-7-3-8(16-12)15-9(11)14-7/h1-3H,4,12H2,(H4,11,13,14,15,16). The number of thiophene rings is 1. The average Bonchev–Trinajstić information content (AvgIpc) is 2.72. The highest BCUT2D eigenvalue weighted by Gasteiger charge is 2.02. The van der Waals surface area contributed by atoms with Gasteiger partial charge in [-0.2, -0.15) is 9.97 Å². The number of aromatic nitrogens is 2. The fourth-order valence-corrected chi connectivity index (χ4v) is 2.28. The minimum Gasteiger partial charge on any atom is -0.368 e. The van der Waals surface area contributed by atoms with Crippen molar-refractivity contribution in [1.29, 1.82) is 0 Å². The monoisotopic (exact) mass is 270 g/mol. The van der Waals surface area contributed by atoms with Crippen LogP contribution in [0, 0.1) is 0 Å². The van der Waals surface area contributed by atoms with E-state index in [9.17, 15) is 0 Å². The van der Waals surface area contributed by atoms with E-state index in [1.165, 1.54) is 11.3 Å². The molecule has 2 aromatic heterocycles. The van der Waals surface area contributed by atoms with Crippen molar-refractivity contribution in [2.75, 3.05) is 16.5 Å². The predicted octanol–water partition coefficient (Wildman–Crippen LogP) is 1.67. The van der Waals surface area contributed by atoms with Crippen molar-refractivity contribution in [3.8, 4) is 0 Å². The first-order valence-corrected chi connectivity index (χ1v) is 5.96.